The minimum atomic E-state index is 0.420. The van der Waals surface area contributed by atoms with Crippen LogP contribution in [0.1, 0.15) is 46.0 Å². The van der Waals surface area contributed by atoms with E-state index in [4.69, 9.17) is 4.74 Å². The molecule has 3 rings (SSSR count). The van der Waals surface area contributed by atoms with Crippen LogP contribution in [0.2, 0.25) is 0 Å². The molecule has 0 aromatic rings. The van der Waals surface area contributed by atoms with Gasteiger partial charge >= 0.3 is 0 Å². The molecule has 3 atom stereocenters. The van der Waals surface area contributed by atoms with Crippen LogP contribution in [0.4, 0.5) is 0 Å². The van der Waals surface area contributed by atoms with Crippen molar-refractivity contribution in [2.24, 2.45) is 5.41 Å². The zero-order valence-corrected chi connectivity index (χ0v) is 12.0. The summed E-state index contributed by atoms with van der Waals surface area (Å²) in [7, 11) is 0. The maximum atomic E-state index is 6.00. The predicted molar refractivity (Wildman–Crippen MR) is 73.8 cm³/mol. The van der Waals surface area contributed by atoms with Crippen molar-refractivity contribution in [3.63, 3.8) is 0 Å². The smallest absolute Gasteiger partial charge is 0.0827 e. The molecule has 1 saturated carbocycles. The Hall–Kier alpha value is -0.120. The molecule has 3 aliphatic rings. The van der Waals surface area contributed by atoms with Crippen molar-refractivity contribution in [3.8, 4) is 0 Å². The lowest BCUT2D eigenvalue weighted by Gasteiger charge is -2.35. The summed E-state index contributed by atoms with van der Waals surface area (Å²) in [4.78, 5) is 2.63. The molecule has 1 N–H and O–H groups in total. The van der Waals surface area contributed by atoms with Crippen LogP contribution in [0.15, 0.2) is 0 Å². The van der Waals surface area contributed by atoms with Crippen molar-refractivity contribution < 1.29 is 4.74 Å². The van der Waals surface area contributed by atoms with Gasteiger partial charge < -0.3 is 10.1 Å². The monoisotopic (exact) mass is 252 g/mol. The Morgan fingerprint density at radius 1 is 1.33 bits per heavy atom. The SMILES string of the molecule is CC1(C)CCC(NCC2CN3CCCC3CO2)C1. The molecule has 2 aliphatic heterocycles. The van der Waals surface area contributed by atoms with E-state index in [2.05, 4.69) is 24.1 Å². The largest absolute Gasteiger partial charge is 0.374 e. The minimum Gasteiger partial charge on any atom is -0.374 e. The summed E-state index contributed by atoms with van der Waals surface area (Å²) >= 11 is 0. The first-order valence-electron chi connectivity index (χ1n) is 7.71. The third-order valence-electron chi connectivity index (χ3n) is 5.06. The Kier molecular flexibility index (Phi) is 3.65. The fourth-order valence-corrected chi connectivity index (χ4v) is 3.92. The highest BCUT2D eigenvalue weighted by Crippen LogP contribution is 2.36. The van der Waals surface area contributed by atoms with Crippen molar-refractivity contribution in [2.75, 3.05) is 26.2 Å². The molecule has 0 aromatic heterocycles. The molecule has 2 heterocycles. The normalized spacial score (nSPS) is 40.0. The summed E-state index contributed by atoms with van der Waals surface area (Å²) < 4.78 is 6.00. The van der Waals surface area contributed by atoms with Gasteiger partial charge in [-0.15, -0.1) is 0 Å². The van der Waals surface area contributed by atoms with Gasteiger partial charge in [0.2, 0.25) is 0 Å². The Bertz CT molecular complexity index is 292. The van der Waals surface area contributed by atoms with Gasteiger partial charge in [-0.2, -0.15) is 0 Å². The lowest BCUT2D eigenvalue weighted by molar-refractivity contribution is -0.0478. The second-order valence-corrected chi connectivity index (χ2v) is 7.26. The highest BCUT2D eigenvalue weighted by atomic mass is 16.5. The highest BCUT2D eigenvalue weighted by Gasteiger charge is 2.34. The Morgan fingerprint density at radius 2 is 2.22 bits per heavy atom. The number of nitrogens with one attached hydrogen (secondary N) is 1. The number of hydrogen-bond acceptors (Lipinski definition) is 3. The zero-order chi connectivity index (χ0) is 12.6. The van der Waals surface area contributed by atoms with Crippen molar-refractivity contribution >= 4 is 0 Å². The van der Waals surface area contributed by atoms with Gasteiger partial charge in [-0.05, 0) is 44.1 Å². The van der Waals surface area contributed by atoms with E-state index in [1.807, 2.05) is 0 Å². The third-order valence-corrected chi connectivity index (χ3v) is 5.06. The molecule has 3 unspecified atom stereocenters. The summed E-state index contributed by atoms with van der Waals surface area (Å²) in [5, 5.41) is 3.74. The van der Waals surface area contributed by atoms with Crippen LogP contribution in [0.5, 0.6) is 0 Å². The molecule has 0 aromatic carbocycles. The predicted octanol–water partition coefficient (Wildman–Crippen LogP) is 2.02. The summed E-state index contributed by atoms with van der Waals surface area (Å²) in [6, 6.07) is 1.45. The van der Waals surface area contributed by atoms with Crippen LogP contribution in [0.3, 0.4) is 0 Å². The van der Waals surface area contributed by atoms with Crippen LogP contribution in [0, 0.1) is 5.41 Å². The molecule has 1 aliphatic carbocycles. The second kappa shape index (κ2) is 5.10. The number of nitrogens with zero attached hydrogens (tertiary/aromatic N) is 1. The van der Waals surface area contributed by atoms with E-state index in [1.54, 1.807) is 0 Å². The van der Waals surface area contributed by atoms with Crippen molar-refractivity contribution in [1.29, 1.82) is 0 Å². The quantitative estimate of drug-likeness (QED) is 0.831. The first-order valence-corrected chi connectivity index (χ1v) is 7.71. The number of ether oxygens (including phenoxy) is 1. The van der Waals surface area contributed by atoms with E-state index in [9.17, 15) is 0 Å². The summed E-state index contributed by atoms with van der Waals surface area (Å²) in [6.07, 6.45) is 7.16. The van der Waals surface area contributed by atoms with E-state index in [1.165, 1.54) is 38.6 Å². The van der Waals surface area contributed by atoms with Gasteiger partial charge in [-0.25, -0.2) is 0 Å². The van der Waals surface area contributed by atoms with Crippen LogP contribution in [-0.2, 0) is 4.74 Å². The van der Waals surface area contributed by atoms with Gasteiger partial charge in [0.15, 0.2) is 0 Å². The molecule has 3 nitrogen and oxygen atoms in total. The fraction of sp³-hybridized carbons (Fsp3) is 1.00. The molecule has 0 bridgehead atoms. The van der Waals surface area contributed by atoms with Gasteiger partial charge in [0.05, 0.1) is 12.7 Å². The van der Waals surface area contributed by atoms with Gasteiger partial charge in [0.25, 0.3) is 0 Å². The molecule has 0 spiro atoms. The van der Waals surface area contributed by atoms with E-state index < -0.39 is 0 Å². The van der Waals surface area contributed by atoms with Crippen molar-refractivity contribution in [3.05, 3.63) is 0 Å². The van der Waals surface area contributed by atoms with Gasteiger partial charge in [0.1, 0.15) is 0 Å². The average molecular weight is 252 g/mol. The van der Waals surface area contributed by atoms with Crippen molar-refractivity contribution in [1.82, 2.24) is 10.2 Å². The third kappa shape index (κ3) is 2.89. The maximum Gasteiger partial charge on any atom is 0.0827 e. The number of rotatable bonds is 3. The lowest BCUT2D eigenvalue weighted by Crippen LogP contribution is -2.50. The topological polar surface area (TPSA) is 24.5 Å². The molecule has 3 fully saturated rings. The Balaban J connectivity index is 1.41. The maximum absolute atomic E-state index is 6.00. The van der Waals surface area contributed by atoms with Crippen LogP contribution >= 0.6 is 0 Å². The van der Waals surface area contributed by atoms with Gasteiger partial charge in [-0.1, -0.05) is 13.8 Å². The fourth-order valence-electron chi connectivity index (χ4n) is 3.92. The molecule has 104 valence electrons. The van der Waals surface area contributed by atoms with E-state index in [-0.39, 0.29) is 0 Å². The van der Waals surface area contributed by atoms with Gasteiger partial charge in [0, 0.05) is 25.2 Å². The summed E-state index contributed by atoms with van der Waals surface area (Å²) in [6.45, 7) is 9.22. The molecular weight excluding hydrogens is 224 g/mol. The average Bonchev–Trinajstić information content (AvgIpc) is 2.92. The minimum absolute atomic E-state index is 0.420. The Labute approximate surface area is 111 Å². The molecule has 3 heteroatoms. The molecule has 0 amide bonds. The lowest BCUT2D eigenvalue weighted by atomic mass is 9.92. The first-order chi connectivity index (χ1) is 8.62. The van der Waals surface area contributed by atoms with E-state index in [0.29, 0.717) is 11.5 Å². The van der Waals surface area contributed by atoms with Crippen LogP contribution < -0.4 is 5.32 Å². The standard InChI is InChI=1S/C15H28N2O/c1-15(2)6-5-12(8-15)16-9-14-10-17-7-3-4-13(17)11-18-14/h12-14,16H,3-11H2,1-2H3. The zero-order valence-electron chi connectivity index (χ0n) is 12.0. The van der Waals surface area contributed by atoms with Crippen LogP contribution in [-0.4, -0.2) is 49.3 Å². The highest BCUT2D eigenvalue weighted by molar-refractivity contribution is 4.89. The van der Waals surface area contributed by atoms with E-state index in [0.717, 1.165) is 31.8 Å². The summed E-state index contributed by atoms with van der Waals surface area (Å²) in [5.41, 5.74) is 0.547. The Morgan fingerprint density at radius 3 is 3.00 bits per heavy atom. The number of fused-ring (bicyclic) bond motifs is 1. The second-order valence-electron chi connectivity index (χ2n) is 7.26. The number of morpholine rings is 1. The number of hydrogen-bond donors (Lipinski definition) is 1. The van der Waals surface area contributed by atoms with Crippen LogP contribution in [0.25, 0.3) is 0 Å². The van der Waals surface area contributed by atoms with Crippen molar-refractivity contribution in [2.45, 2.75) is 64.1 Å². The molecular formula is C15H28N2O. The van der Waals surface area contributed by atoms with Gasteiger partial charge in [-0.3, -0.25) is 4.90 Å². The molecule has 0 radical (unpaired) electrons. The van der Waals surface area contributed by atoms with E-state index >= 15 is 0 Å². The first kappa shape index (κ1) is 12.9. The molecule has 2 saturated heterocycles. The molecule has 18 heavy (non-hydrogen) atoms. The summed E-state index contributed by atoms with van der Waals surface area (Å²) in [5.74, 6) is 0.